The Labute approximate surface area is 175 Å². The molecule has 1 aromatic carbocycles. The van der Waals surface area contributed by atoms with Crippen molar-refractivity contribution in [2.24, 2.45) is 0 Å². The van der Waals surface area contributed by atoms with Crippen LogP contribution in [0.5, 0.6) is 0 Å². The summed E-state index contributed by atoms with van der Waals surface area (Å²) in [6.45, 7) is 7.58. The minimum atomic E-state index is -0.398. The van der Waals surface area contributed by atoms with E-state index < -0.39 is 11.9 Å². The molecule has 0 saturated carbocycles. The average molecular weight is 410 g/mol. The van der Waals surface area contributed by atoms with Gasteiger partial charge in [-0.1, -0.05) is 19.9 Å². The molecular weight excluding hydrogens is 384 g/mol. The van der Waals surface area contributed by atoms with E-state index in [9.17, 15) is 9.59 Å². The second kappa shape index (κ2) is 8.52. The summed E-state index contributed by atoms with van der Waals surface area (Å²) in [5.74, 6) is -0.796. The number of carbonyl (C=O) groups is 2. The van der Waals surface area contributed by atoms with Crippen LogP contribution in [0, 0.1) is 13.8 Å². The third kappa shape index (κ3) is 3.49. The fourth-order valence-electron chi connectivity index (χ4n) is 3.61. The van der Waals surface area contributed by atoms with E-state index in [1.807, 2.05) is 52.0 Å². The molecule has 0 aliphatic rings. The van der Waals surface area contributed by atoms with Crippen molar-refractivity contribution in [1.29, 1.82) is 0 Å². The predicted molar refractivity (Wildman–Crippen MR) is 112 cm³/mol. The number of hydrogen-bond donors (Lipinski definition) is 0. The summed E-state index contributed by atoms with van der Waals surface area (Å²) in [4.78, 5) is 24.4. The highest BCUT2D eigenvalue weighted by Gasteiger charge is 2.23. The van der Waals surface area contributed by atoms with Crippen LogP contribution in [0.25, 0.3) is 11.4 Å². The predicted octanol–water partition coefficient (Wildman–Crippen LogP) is 3.37. The van der Waals surface area contributed by atoms with Crippen molar-refractivity contribution < 1.29 is 19.1 Å². The molecule has 0 atom stereocenters. The van der Waals surface area contributed by atoms with Gasteiger partial charge in [-0.2, -0.15) is 10.2 Å². The molecule has 0 aliphatic heterocycles. The Morgan fingerprint density at radius 1 is 0.833 bits per heavy atom. The van der Waals surface area contributed by atoms with Crippen molar-refractivity contribution in [3.8, 4) is 11.4 Å². The van der Waals surface area contributed by atoms with E-state index >= 15 is 0 Å². The summed E-state index contributed by atoms with van der Waals surface area (Å²) in [5.41, 5.74) is 5.31. The molecule has 0 N–H and O–H groups in total. The highest BCUT2D eigenvalue weighted by Crippen LogP contribution is 2.24. The second-order valence-electron chi connectivity index (χ2n) is 6.85. The lowest BCUT2D eigenvalue weighted by atomic mass is 10.1. The topological polar surface area (TPSA) is 88.2 Å². The van der Waals surface area contributed by atoms with Gasteiger partial charge in [-0.3, -0.25) is 0 Å². The Balaban J connectivity index is 2.14. The minimum absolute atomic E-state index is 0.398. The van der Waals surface area contributed by atoms with E-state index in [1.54, 1.807) is 9.36 Å². The van der Waals surface area contributed by atoms with Gasteiger partial charge in [0.15, 0.2) is 0 Å². The maximum absolute atomic E-state index is 12.2. The lowest BCUT2D eigenvalue weighted by Gasteiger charge is -2.09. The molecule has 0 fully saturated rings. The average Bonchev–Trinajstić information content (AvgIpc) is 3.29. The highest BCUT2D eigenvalue weighted by atomic mass is 16.5. The van der Waals surface area contributed by atoms with Gasteiger partial charge in [0.2, 0.25) is 0 Å². The van der Waals surface area contributed by atoms with Crippen LogP contribution >= 0.6 is 0 Å². The van der Waals surface area contributed by atoms with Crippen molar-refractivity contribution in [1.82, 2.24) is 19.6 Å². The number of esters is 2. The Hall–Kier alpha value is -3.42. The van der Waals surface area contributed by atoms with Crippen molar-refractivity contribution in [3.63, 3.8) is 0 Å². The highest BCUT2D eigenvalue weighted by molar-refractivity contribution is 5.92. The quantitative estimate of drug-likeness (QED) is 0.579. The molecule has 158 valence electrons. The summed E-state index contributed by atoms with van der Waals surface area (Å²) in [5, 5.41) is 9.23. The maximum atomic E-state index is 12.2. The first-order valence-corrected chi connectivity index (χ1v) is 9.82. The largest absolute Gasteiger partial charge is 0.465 e. The third-order valence-electron chi connectivity index (χ3n) is 5.15. The van der Waals surface area contributed by atoms with Gasteiger partial charge in [-0.15, -0.1) is 0 Å². The van der Waals surface area contributed by atoms with Gasteiger partial charge in [0.25, 0.3) is 0 Å². The fourth-order valence-corrected chi connectivity index (χ4v) is 3.61. The molecule has 2 aromatic heterocycles. The molecular formula is C22H26N4O4. The van der Waals surface area contributed by atoms with Gasteiger partial charge in [0.05, 0.1) is 48.4 Å². The zero-order valence-corrected chi connectivity index (χ0v) is 18.1. The van der Waals surface area contributed by atoms with Crippen LogP contribution < -0.4 is 0 Å². The standard InChI is InChI=1S/C22H26N4O4/c1-7-17-19(21(27)29-5)13(3)25(23-17)15-10-9-11-16(12-15)26-14(4)20(22(28)30-6)18(8-2)24-26/h9-12H,7-8H2,1-6H3. The molecule has 0 saturated heterocycles. The Morgan fingerprint density at radius 2 is 1.23 bits per heavy atom. The minimum Gasteiger partial charge on any atom is -0.465 e. The number of aromatic nitrogens is 4. The van der Waals surface area contributed by atoms with Crippen molar-refractivity contribution in [2.75, 3.05) is 14.2 Å². The Kier molecular flexibility index (Phi) is 6.05. The number of hydrogen-bond acceptors (Lipinski definition) is 6. The molecule has 8 nitrogen and oxygen atoms in total. The summed E-state index contributed by atoms with van der Waals surface area (Å²) in [6, 6.07) is 7.62. The molecule has 2 heterocycles. The van der Waals surface area contributed by atoms with E-state index in [4.69, 9.17) is 9.47 Å². The molecule has 0 unspecified atom stereocenters. The molecule has 0 amide bonds. The van der Waals surface area contributed by atoms with Crippen LogP contribution in [0.2, 0.25) is 0 Å². The first-order chi connectivity index (χ1) is 14.4. The summed E-state index contributed by atoms with van der Waals surface area (Å²) in [6.07, 6.45) is 1.22. The number of benzene rings is 1. The maximum Gasteiger partial charge on any atom is 0.341 e. The second-order valence-corrected chi connectivity index (χ2v) is 6.85. The zero-order valence-electron chi connectivity index (χ0n) is 18.1. The van der Waals surface area contributed by atoms with E-state index in [-0.39, 0.29) is 0 Å². The number of aryl methyl sites for hydroxylation is 2. The lowest BCUT2D eigenvalue weighted by molar-refractivity contribution is 0.0589. The fraction of sp³-hybridized carbons (Fsp3) is 0.364. The van der Waals surface area contributed by atoms with Crippen LogP contribution in [-0.4, -0.2) is 45.7 Å². The van der Waals surface area contributed by atoms with Crippen LogP contribution in [0.1, 0.15) is 57.3 Å². The SMILES string of the molecule is CCc1nn(-c2cccc(-n3nc(CC)c(C(=O)OC)c3C)c2)c(C)c1C(=O)OC. The molecule has 30 heavy (non-hydrogen) atoms. The van der Waals surface area contributed by atoms with Gasteiger partial charge in [0.1, 0.15) is 11.1 Å². The molecule has 3 rings (SSSR count). The van der Waals surface area contributed by atoms with E-state index in [1.165, 1.54) is 14.2 Å². The molecule has 3 aromatic rings. The summed E-state index contributed by atoms with van der Waals surface area (Å²) >= 11 is 0. The first kappa shape index (κ1) is 21.3. The van der Waals surface area contributed by atoms with Gasteiger partial charge >= 0.3 is 11.9 Å². The molecule has 0 radical (unpaired) electrons. The van der Waals surface area contributed by atoms with Crippen molar-refractivity contribution in [2.45, 2.75) is 40.5 Å². The van der Waals surface area contributed by atoms with E-state index in [2.05, 4.69) is 10.2 Å². The van der Waals surface area contributed by atoms with Gasteiger partial charge < -0.3 is 9.47 Å². The number of methoxy groups -OCH3 is 2. The van der Waals surface area contributed by atoms with Gasteiger partial charge in [0, 0.05) is 0 Å². The molecule has 8 heteroatoms. The lowest BCUT2D eigenvalue weighted by Crippen LogP contribution is -2.07. The summed E-state index contributed by atoms with van der Waals surface area (Å²) in [7, 11) is 2.73. The molecule has 0 bridgehead atoms. The first-order valence-electron chi connectivity index (χ1n) is 9.82. The van der Waals surface area contributed by atoms with Gasteiger partial charge in [-0.05, 0) is 44.9 Å². The van der Waals surface area contributed by atoms with Crippen LogP contribution in [-0.2, 0) is 22.3 Å². The van der Waals surface area contributed by atoms with Crippen LogP contribution in [0.3, 0.4) is 0 Å². The Bertz CT molecular complexity index is 1030. The van der Waals surface area contributed by atoms with Crippen molar-refractivity contribution >= 4 is 11.9 Å². The van der Waals surface area contributed by atoms with Crippen LogP contribution in [0.15, 0.2) is 24.3 Å². The smallest absolute Gasteiger partial charge is 0.341 e. The van der Waals surface area contributed by atoms with Gasteiger partial charge in [-0.25, -0.2) is 19.0 Å². The summed E-state index contributed by atoms with van der Waals surface area (Å²) < 4.78 is 13.3. The number of nitrogens with zero attached hydrogens (tertiary/aromatic N) is 4. The monoisotopic (exact) mass is 410 g/mol. The normalized spacial score (nSPS) is 10.9. The Morgan fingerprint density at radius 3 is 1.57 bits per heavy atom. The third-order valence-corrected chi connectivity index (χ3v) is 5.15. The number of rotatable bonds is 6. The molecule has 0 spiro atoms. The van der Waals surface area contributed by atoms with Crippen LogP contribution in [0.4, 0.5) is 0 Å². The van der Waals surface area contributed by atoms with Crippen molar-refractivity contribution in [3.05, 3.63) is 58.2 Å². The number of ether oxygens (including phenoxy) is 2. The zero-order chi connectivity index (χ0) is 22.0. The van der Waals surface area contributed by atoms with E-state index in [0.29, 0.717) is 46.7 Å². The number of carbonyl (C=O) groups excluding carboxylic acids is 2. The van der Waals surface area contributed by atoms with E-state index in [0.717, 1.165) is 11.4 Å². The molecule has 0 aliphatic carbocycles.